The Balaban J connectivity index is 1.68. The summed E-state index contributed by atoms with van der Waals surface area (Å²) >= 11 is 2.24. The lowest BCUT2D eigenvalue weighted by Crippen LogP contribution is -1.95. The van der Waals surface area contributed by atoms with Crippen molar-refractivity contribution in [2.45, 2.75) is 6.61 Å². The number of methoxy groups -OCH3 is 1. The van der Waals surface area contributed by atoms with Gasteiger partial charge in [0.25, 0.3) is 5.89 Å². The number of halogens is 1. The second kappa shape index (κ2) is 6.78. The molecule has 1 aromatic heterocycles. The molecule has 0 saturated carbocycles. The maximum atomic E-state index is 5.64. The maximum Gasteiger partial charge on any atom is 0.254 e. The summed E-state index contributed by atoms with van der Waals surface area (Å²) < 4.78 is 17.5. The molecule has 3 aromatic rings. The third-order valence-corrected chi connectivity index (χ3v) is 3.63. The van der Waals surface area contributed by atoms with Crippen LogP contribution in [0.5, 0.6) is 11.5 Å². The summed E-state index contributed by atoms with van der Waals surface area (Å²) in [6, 6.07) is 15.2. The van der Waals surface area contributed by atoms with Gasteiger partial charge in [-0.15, -0.1) is 10.2 Å². The van der Waals surface area contributed by atoms with E-state index in [0.29, 0.717) is 11.8 Å². The summed E-state index contributed by atoms with van der Waals surface area (Å²) in [5, 5.41) is 8.03. The molecule has 0 bridgehead atoms. The second-order valence-corrected chi connectivity index (χ2v) is 5.72. The molecule has 3 rings (SSSR count). The first-order chi connectivity index (χ1) is 10.7. The predicted molar refractivity (Wildman–Crippen MR) is 89.8 cm³/mol. The van der Waals surface area contributed by atoms with Crippen molar-refractivity contribution in [2.75, 3.05) is 7.11 Å². The molecule has 1 heterocycles. The van der Waals surface area contributed by atoms with Crippen LogP contribution in [0, 0.1) is 3.57 Å². The summed E-state index contributed by atoms with van der Waals surface area (Å²) in [5.74, 6) is 2.45. The Morgan fingerprint density at radius 3 is 2.59 bits per heavy atom. The number of nitrogens with zero attached hydrogens (tertiary/aromatic N) is 2. The summed E-state index contributed by atoms with van der Waals surface area (Å²) in [4.78, 5) is 0. The first kappa shape index (κ1) is 14.8. The van der Waals surface area contributed by atoms with Crippen LogP contribution < -0.4 is 9.47 Å². The van der Waals surface area contributed by atoms with Gasteiger partial charge in [0.1, 0.15) is 11.5 Å². The molecule has 0 aliphatic rings. The largest absolute Gasteiger partial charge is 0.497 e. The van der Waals surface area contributed by atoms with Crippen LogP contribution in [-0.2, 0) is 6.61 Å². The Bertz CT molecular complexity index is 756. The van der Waals surface area contributed by atoms with E-state index in [4.69, 9.17) is 13.9 Å². The van der Waals surface area contributed by atoms with Gasteiger partial charge in [-0.05, 0) is 65.1 Å². The van der Waals surface area contributed by atoms with E-state index in [1.54, 1.807) is 7.11 Å². The number of hydrogen-bond acceptors (Lipinski definition) is 5. The van der Waals surface area contributed by atoms with E-state index in [1.807, 2.05) is 48.5 Å². The Hall–Kier alpha value is -2.09. The quantitative estimate of drug-likeness (QED) is 0.599. The van der Waals surface area contributed by atoms with E-state index in [0.717, 1.165) is 20.6 Å². The molecule has 112 valence electrons. The lowest BCUT2D eigenvalue weighted by Gasteiger charge is -2.03. The van der Waals surface area contributed by atoms with Gasteiger partial charge in [0, 0.05) is 9.13 Å². The Labute approximate surface area is 141 Å². The number of hydrogen-bond donors (Lipinski definition) is 0. The van der Waals surface area contributed by atoms with E-state index in [1.165, 1.54) is 0 Å². The molecule has 6 heteroatoms. The van der Waals surface area contributed by atoms with Crippen LogP contribution >= 0.6 is 22.6 Å². The molecule has 0 radical (unpaired) electrons. The molecule has 0 aliphatic carbocycles. The number of aromatic nitrogens is 2. The van der Waals surface area contributed by atoms with Crippen LogP contribution in [0.4, 0.5) is 0 Å². The van der Waals surface area contributed by atoms with E-state index in [-0.39, 0.29) is 6.61 Å². The van der Waals surface area contributed by atoms with Crippen molar-refractivity contribution in [2.24, 2.45) is 0 Å². The molecule has 0 fully saturated rings. The van der Waals surface area contributed by atoms with Crippen molar-refractivity contribution in [1.82, 2.24) is 10.2 Å². The van der Waals surface area contributed by atoms with Gasteiger partial charge in [0.15, 0.2) is 6.61 Å². The average molecular weight is 408 g/mol. The number of ether oxygens (including phenoxy) is 2. The smallest absolute Gasteiger partial charge is 0.254 e. The Kier molecular flexibility index (Phi) is 4.57. The highest BCUT2D eigenvalue weighted by molar-refractivity contribution is 14.1. The van der Waals surface area contributed by atoms with Crippen molar-refractivity contribution in [1.29, 1.82) is 0 Å². The normalized spacial score (nSPS) is 10.5. The van der Waals surface area contributed by atoms with E-state index >= 15 is 0 Å². The van der Waals surface area contributed by atoms with Crippen molar-refractivity contribution in [3.63, 3.8) is 0 Å². The lowest BCUT2D eigenvalue weighted by molar-refractivity contribution is 0.264. The van der Waals surface area contributed by atoms with Gasteiger partial charge in [-0.3, -0.25) is 0 Å². The molecule has 2 aromatic carbocycles. The second-order valence-electron chi connectivity index (χ2n) is 4.48. The molecule has 5 nitrogen and oxygen atoms in total. The fraction of sp³-hybridized carbons (Fsp3) is 0.125. The van der Waals surface area contributed by atoms with Gasteiger partial charge < -0.3 is 13.9 Å². The molecular weight excluding hydrogens is 395 g/mol. The molecule has 0 atom stereocenters. The minimum absolute atomic E-state index is 0.239. The van der Waals surface area contributed by atoms with Crippen molar-refractivity contribution < 1.29 is 13.9 Å². The summed E-state index contributed by atoms with van der Waals surface area (Å²) in [6.07, 6.45) is 0. The first-order valence-corrected chi connectivity index (χ1v) is 7.67. The highest BCUT2D eigenvalue weighted by Gasteiger charge is 2.09. The summed E-state index contributed by atoms with van der Waals surface area (Å²) in [5.41, 5.74) is 0.841. The van der Waals surface area contributed by atoms with Crippen LogP contribution in [-0.4, -0.2) is 17.3 Å². The zero-order chi connectivity index (χ0) is 15.4. The molecule has 0 saturated heterocycles. The van der Waals surface area contributed by atoms with Gasteiger partial charge >= 0.3 is 0 Å². The Morgan fingerprint density at radius 2 is 1.86 bits per heavy atom. The zero-order valence-electron chi connectivity index (χ0n) is 11.8. The standard InChI is InChI=1S/C16H13IN2O3/c1-20-13-7-5-11(6-8-13)16-19-18-15(22-16)10-21-14-4-2-3-12(17)9-14/h2-9H,10H2,1H3. The monoisotopic (exact) mass is 408 g/mol. The van der Waals surface area contributed by atoms with Gasteiger partial charge in [0.2, 0.25) is 5.89 Å². The van der Waals surface area contributed by atoms with Crippen LogP contribution in [0.2, 0.25) is 0 Å². The van der Waals surface area contributed by atoms with Gasteiger partial charge in [-0.2, -0.15) is 0 Å². The summed E-state index contributed by atoms with van der Waals surface area (Å²) in [7, 11) is 1.63. The molecule has 0 aliphatic heterocycles. The third kappa shape index (κ3) is 3.56. The lowest BCUT2D eigenvalue weighted by atomic mass is 10.2. The molecule has 0 N–H and O–H groups in total. The Morgan fingerprint density at radius 1 is 1.05 bits per heavy atom. The van der Waals surface area contributed by atoms with Gasteiger partial charge in [-0.1, -0.05) is 6.07 Å². The highest BCUT2D eigenvalue weighted by Crippen LogP contribution is 2.22. The van der Waals surface area contributed by atoms with Crippen LogP contribution in [0.1, 0.15) is 5.89 Å². The molecule has 0 spiro atoms. The maximum absolute atomic E-state index is 5.64. The highest BCUT2D eigenvalue weighted by atomic mass is 127. The van der Waals surface area contributed by atoms with Crippen LogP contribution in [0.15, 0.2) is 52.9 Å². The van der Waals surface area contributed by atoms with Crippen LogP contribution in [0.25, 0.3) is 11.5 Å². The fourth-order valence-electron chi connectivity index (χ4n) is 1.86. The van der Waals surface area contributed by atoms with Gasteiger partial charge in [-0.25, -0.2) is 0 Å². The minimum atomic E-state index is 0.239. The molecular formula is C16H13IN2O3. The average Bonchev–Trinajstić information content (AvgIpc) is 3.02. The fourth-order valence-corrected chi connectivity index (χ4v) is 2.38. The minimum Gasteiger partial charge on any atom is -0.497 e. The van der Waals surface area contributed by atoms with E-state index in [2.05, 4.69) is 32.8 Å². The summed E-state index contributed by atoms with van der Waals surface area (Å²) in [6.45, 7) is 0.239. The van der Waals surface area contributed by atoms with E-state index < -0.39 is 0 Å². The first-order valence-electron chi connectivity index (χ1n) is 6.60. The SMILES string of the molecule is COc1ccc(-c2nnc(COc3cccc(I)c3)o2)cc1. The molecule has 0 unspecified atom stereocenters. The van der Waals surface area contributed by atoms with E-state index in [9.17, 15) is 0 Å². The van der Waals surface area contributed by atoms with Crippen molar-refractivity contribution in [3.8, 4) is 23.0 Å². The predicted octanol–water partition coefficient (Wildman–Crippen LogP) is 3.93. The van der Waals surface area contributed by atoms with Gasteiger partial charge in [0.05, 0.1) is 7.11 Å². The molecule has 22 heavy (non-hydrogen) atoms. The number of rotatable bonds is 5. The zero-order valence-corrected chi connectivity index (χ0v) is 14.0. The van der Waals surface area contributed by atoms with Crippen molar-refractivity contribution in [3.05, 3.63) is 58.0 Å². The molecule has 0 amide bonds. The third-order valence-electron chi connectivity index (χ3n) is 2.96. The topological polar surface area (TPSA) is 57.4 Å². The number of benzene rings is 2. The van der Waals surface area contributed by atoms with Crippen LogP contribution in [0.3, 0.4) is 0 Å². The van der Waals surface area contributed by atoms with Crippen molar-refractivity contribution >= 4 is 22.6 Å².